The summed E-state index contributed by atoms with van der Waals surface area (Å²) in [6, 6.07) is 21.2. The van der Waals surface area contributed by atoms with E-state index in [1.807, 2.05) is 42.2 Å². The van der Waals surface area contributed by atoms with Crippen LogP contribution >= 0.6 is 11.6 Å². The third kappa shape index (κ3) is 6.99. The van der Waals surface area contributed by atoms with Crippen LogP contribution in [-0.2, 0) is 17.4 Å². The smallest absolute Gasteiger partial charge is 0.371 e. The highest BCUT2D eigenvalue weighted by atomic mass is 35.5. The molecule has 1 aliphatic rings. The van der Waals surface area contributed by atoms with Gasteiger partial charge in [0.05, 0.1) is 11.1 Å². The summed E-state index contributed by atoms with van der Waals surface area (Å²) in [5, 5.41) is 3.78. The Morgan fingerprint density at radius 2 is 1.67 bits per heavy atom. The molecule has 1 aliphatic heterocycles. The van der Waals surface area contributed by atoms with Gasteiger partial charge in [-0.25, -0.2) is 4.98 Å². The molecule has 0 atom stereocenters. The topological polar surface area (TPSA) is 84.3 Å². The molecular weight excluding hydrogens is 641 g/mol. The fourth-order valence-electron chi connectivity index (χ4n) is 6.25. The highest BCUT2D eigenvalue weighted by Crippen LogP contribution is 2.35. The first kappa shape index (κ1) is 33.0. The number of alkyl halides is 3. The molecule has 7 nitrogen and oxygen atoms in total. The number of carbonyl (C=O) groups excluding carboxylic acids is 2. The van der Waals surface area contributed by atoms with E-state index >= 15 is 0 Å². The van der Waals surface area contributed by atoms with Crippen molar-refractivity contribution in [3.05, 3.63) is 123 Å². The number of anilines is 1. The molecule has 0 aliphatic carbocycles. The molecule has 0 bridgehead atoms. The van der Waals surface area contributed by atoms with Gasteiger partial charge in [-0.15, -0.1) is 0 Å². The number of amides is 1. The van der Waals surface area contributed by atoms with E-state index in [-0.39, 0.29) is 34.6 Å². The Balaban J connectivity index is 1.35. The average Bonchev–Trinajstić information content (AvgIpc) is 3.05. The van der Waals surface area contributed by atoms with E-state index in [2.05, 4.69) is 10.3 Å². The second-order valence-electron chi connectivity index (χ2n) is 12.1. The number of Topliss-reactive ketones (excluding diaryl/α,β-unsaturated/α-hetero) is 1. The summed E-state index contributed by atoms with van der Waals surface area (Å²) < 4.78 is 43.6. The first-order chi connectivity index (χ1) is 22.9. The Bertz CT molecular complexity index is 2090. The lowest BCUT2D eigenvalue weighted by atomic mass is 9.94. The van der Waals surface area contributed by atoms with Gasteiger partial charge in [0.1, 0.15) is 5.15 Å². The van der Waals surface area contributed by atoms with Crippen molar-refractivity contribution in [3.8, 4) is 16.8 Å². The minimum Gasteiger partial charge on any atom is -0.371 e. The zero-order chi connectivity index (χ0) is 34.2. The van der Waals surface area contributed by atoms with Crippen molar-refractivity contribution in [3.63, 3.8) is 0 Å². The van der Waals surface area contributed by atoms with Crippen LogP contribution in [0.4, 0.5) is 18.9 Å². The molecule has 2 aromatic heterocycles. The molecule has 48 heavy (non-hydrogen) atoms. The minimum atomic E-state index is -4.65. The number of halogens is 4. The van der Waals surface area contributed by atoms with E-state index in [4.69, 9.17) is 11.6 Å². The highest BCUT2D eigenvalue weighted by Gasteiger charge is 2.33. The maximum atomic E-state index is 14.1. The van der Waals surface area contributed by atoms with Crippen LogP contribution in [0.5, 0.6) is 0 Å². The summed E-state index contributed by atoms with van der Waals surface area (Å²) in [5.74, 6) is -0.631. The highest BCUT2D eigenvalue weighted by molar-refractivity contribution is 6.30. The van der Waals surface area contributed by atoms with Crippen LogP contribution in [0, 0.1) is 6.92 Å². The van der Waals surface area contributed by atoms with Gasteiger partial charge in [0.15, 0.2) is 5.78 Å². The van der Waals surface area contributed by atoms with Crippen molar-refractivity contribution in [1.82, 2.24) is 14.9 Å². The maximum Gasteiger partial charge on any atom is 0.416 e. The van der Waals surface area contributed by atoms with Crippen LogP contribution in [0.2, 0.25) is 5.15 Å². The van der Waals surface area contributed by atoms with Crippen molar-refractivity contribution in [2.75, 3.05) is 18.0 Å². The van der Waals surface area contributed by atoms with Gasteiger partial charge in [0.2, 0.25) is 5.91 Å². The van der Waals surface area contributed by atoms with E-state index in [0.29, 0.717) is 64.9 Å². The van der Waals surface area contributed by atoms with E-state index in [0.717, 1.165) is 17.7 Å². The molecule has 3 heterocycles. The number of piperidine rings is 1. The Hall–Kier alpha value is -4.96. The van der Waals surface area contributed by atoms with Crippen LogP contribution < -0.4 is 15.8 Å². The molecule has 1 saturated heterocycles. The number of nitrogens with zero attached hydrogens (tertiary/aromatic N) is 3. The minimum absolute atomic E-state index is 0.0464. The number of aromatic nitrogens is 2. The summed E-state index contributed by atoms with van der Waals surface area (Å²) in [5.41, 5.74) is 2.60. The van der Waals surface area contributed by atoms with Crippen LogP contribution in [-0.4, -0.2) is 40.4 Å². The van der Waals surface area contributed by atoms with Gasteiger partial charge in [-0.3, -0.25) is 19.0 Å². The van der Waals surface area contributed by atoms with Crippen molar-refractivity contribution in [1.29, 1.82) is 0 Å². The number of hydrogen-bond acceptors (Lipinski definition) is 5. The Morgan fingerprint density at radius 3 is 2.35 bits per heavy atom. The van der Waals surface area contributed by atoms with Crippen LogP contribution in [0.1, 0.15) is 46.8 Å². The van der Waals surface area contributed by atoms with Crippen LogP contribution in [0.15, 0.2) is 89.9 Å². The van der Waals surface area contributed by atoms with Crippen molar-refractivity contribution in [2.24, 2.45) is 0 Å². The predicted molar refractivity (Wildman–Crippen MR) is 181 cm³/mol. The molecule has 0 radical (unpaired) electrons. The van der Waals surface area contributed by atoms with Gasteiger partial charge >= 0.3 is 6.18 Å². The van der Waals surface area contributed by atoms with Gasteiger partial charge in [0, 0.05) is 72.6 Å². The lowest BCUT2D eigenvalue weighted by Gasteiger charge is -2.34. The second kappa shape index (κ2) is 13.3. The zero-order valence-electron chi connectivity index (χ0n) is 26.3. The van der Waals surface area contributed by atoms with Crippen molar-refractivity contribution >= 4 is 39.9 Å². The number of para-hydroxylation sites is 1. The molecule has 0 spiro atoms. The average molecular weight is 673 g/mol. The quantitative estimate of drug-likeness (QED) is 0.143. The number of aryl methyl sites for hydroxylation is 1. The number of carbonyl (C=O) groups is 2. The maximum absolute atomic E-state index is 14.1. The second-order valence-corrected chi connectivity index (χ2v) is 12.5. The number of benzene rings is 3. The zero-order valence-corrected chi connectivity index (χ0v) is 27.0. The first-order valence-corrected chi connectivity index (χ1v) is 15.9. The third-order valence-corrected chi connectivity index (χ3v) is 8.87. The van der Waals surface area contributed by atoms with Crippen LogP contribution in [0.3, 0.4) is 0 Å². The molecule has 0 saturated carbocycles. The molecule has 246 valence electrons. The van der Waals surface area contributed by atoms with E-state index in [1.54, 1.807) is 41.1 Å². The summed E-state index contributed by atoms with van der Waals surface area (Å²) in [7, 11) is 0. The van der Waals surface area contributed by atoms with E-state index < -0.39 is 17.5 Å². The summed E-state index contributed by atoms with van der Waals surface area (Å²) in [4.78, 5) is 45.2. The standard InChI is InChI=1S/C37H32ClF3N4O3/c1-22-8-9-24(14-31(22)32-18-26-21-42-35(38)20-33(26)45(36(32)48)29-6-4-3-5-7-29)15-34(47)25-16-27(37(39,40)41)19-30(17-25)44-12-10-28(11-13-44)43-23(2)46/h3-9,14,16-21,28H,10-13,15H2,1-2H3,(H,43,46). The van der Waals surface area contributed by atoms with Gasteiger partial charge in [0.25, 0.3) is 5.56 Å². The van der Waals surface area contributed by atoms with Gasteiger partial charge in [-0.2, -0.15) is 13.2 Å². The lowest BCUT2D eigenvalue weighted by Crippen LogP contribution is -2.44. The normalized spacial score (nSPS) is 13.9. The van der Waals surface area contributed by atoms with Gasteiger partial charge in [-0.1, -0.05) is 48.0 Å². The Kier molecular flexibility index (Phi) is 9.11. The number of pyridine rings is 2. The molecule has 6 rings (SSSR count). The predicted octanol–water partition coefficient (Wildman–Crippen LogP) is 7.56. The molecule has 11 heteroatoms. The van der Waals surface area contributed by atoms with E-state index in [1.165, 1.54) is 13.0 Å². The fourth-order valence-corrected chi connectivity index (χ4v) is 6.41. The van der Waals surface area contributed by atoms with Gasteiger partial charge < -0.3 is 10.2 Å². The fraction of sp³-hybridized carbons (Fsp3) is 0.243. The number of ketones is 1. The van der Waals surface area contributed by atoms with E-state index in [9.17, 15) is 27.6 Å². The molecular formula is C37H32ClF3N4O3. The van der Waals surface area contributed by atoms with Gasteiger partial charge in [-0.05, 0) is 72.9 Å². The molecule has 1 fully saturated rings. The largest absolute Gasteiger partial charge is 0.416 e. The first-order valence-electron chi connectivity index (χ1n) is 15.5. The van der Waals surface area contributed by atoms with Crippen molar-refractivity contribution < 1.29 is 22.8 Å². The Morgan fingerprint density at radius 1 is 0.938 bits per heavy atom. The molecule has 5 aromatic rings. The molecule has 1 amide bonds. The summed E-state index contributed by atoms with van der Waals surface area (Å²) in [6.07, 6.45) is -2.07. The molecule has 0 unspecified atom stereocenters. The summed E-state index contributed by atoms with van der Waals surface area (Å²) in [6.45, 7) is 4.17. The number of nitrogens with one attached hydrogen (secondary N) is 1. The molecule has 1 N–H and O–H groups in total. The number of hydrogen-bond donors (Lipinski definition) is 1. The molecule has 3 aromatic carbocycles. The monoisotopic (exact) mass is 672 g/mol. The third-order valence-electron chi connectivity index (χ3n) is 8.66. The SMILES string of the molecule is CC(=O)NC1CCN(c2cc(C(=O)Cc3ccc(C)c(-c4cc5cnc(Cl)cc5n(-c5ccccc5)c4=O)c3)cc(C(F)(F)F)c2)CC1. The Labute approximate surface area is 280 Å². The summed E-state index contributed by atoms with van der Waals surface area (Å²) >= 11 is 6.21. The van der Waals surface area contributed by atoms with Crippen LogP contribution in [0.25, 0.3) is 27.7 Å². The van der Waals surface area contributed by atoms with Crippen molar-refractivity contribution in [2.45, 2.75) is 45.3 Å². The number of fused-ring (bicyclic) bond motifs is 1. The number of rotatable bonds is 7. The lowest BCUT2D eigenvalue weighted by molar-refractivity contribution is -0.137.